The minimum absolute atomic E-state index is 0.00330. The number of likely N-dealkylation sites (tertiary alicyclic amines) is 1. The van der Waals surface area contributed by atoms with E-state index in [9.17, 15) is 9.59 Å². The highest BCUT2D eigenvalue weighted by Gasteiger charge is 2.66. The van der Waals surface area contributed by atoms with Gasteiger partial charge in [0, 0.05) is 26.2 Å². The molecule has 29 heavy (non-hydrogen) atoms. The lowest BCUT2D eigenvalue weighted by Gasteiger charge is -2.54. The van der Waals surface area contributed by atoms with Crippen molar-refractivity contribution >= 4 is 11.8 Å². The second-order valence-electron chi connectivity index (χ2n) is 8.50. The van der Waals surface area contributed by atoms with Crippen LogP contribution in [0.1, 0.15) is 36.5 Å². The van der Waals surface area contributed by atoms with Crippen molar-refractivity contribution in [1.29, 1.82) is 0 Å². The number of ether oxygens (including phenoxy) is 1. The topological polar surface area (TPSA) is 76.5 Å². The molecule has 1 saturated heterocycles. The molecule has 1 saturated carbocycles. The van der Waals surface area contributed by atoms with E-state index < -0.39 is 11.1 Å². The molecule has 2 aromatic rings. The van der Waals surface area contributed by atoms with Gasteiger partial charge in [-0.15, -0.1) is 0 Å². The molecule has 0 bridgehead atoms. The van der Waals surface area contributed by atoms with Crippen molar-refractivity contribution in [3.05, 3.63) is 53.3 Å². The Morgan fingerprint density at radius 3 is 2.55 bits per heavy atom. The van der Waals surface area contributed by atoms with Crippen LogP contribution in [0.2, 0.25) is 0 Å². The number of carbonyl (C=O) groups is 2. The van der Waals surface area contributed by atoms with Crippen LogP contribution in [0, 0.1) is 13.8 Å². The Morgan fingerprint density at radius 1 is 1.21 bits per heavy atom. The van der Waals surface area contributed by atoms with Gasteiger partial charge in [0.05, 0.1) is 18.4 Å². The molecule has 0 spiro atoms. The molecule has 1 aromatic heterocycles. The predicted octanol–water partition coefficient (Wildman–Crippen LogP) is 1.97. The zero-order chi connectivity index (χ0) is 20.6. The van der Waals surface area contributed by atoms with E-state index in [1.807, 2.05) is 19.2 Å². The van der Waals surface area contributed by atoms with Gasteiger partial charge in [0.2, 0.25) is 11.8 Å². The molecule has 2 fully saturated rings. The first kappa shape index (κ1) is 19.6. The zero-order valence-corrected chi connectivity index (χ0v) is 17.3. The van der Waals surface area contributed by atoms with E-state index in [4.69, 9.17) is 4.74 Å². The van der Waals surface area contributed by atoms with Gasteiger partial charge in [0.25, 0.3) is 0 Å². The van der Waals surface area contributed by atoms with Gasteiger partial charge in [-0.05, 0) is 37.8 Å². The predicted molar refractivity (Wildman–Crippen MR) is 108 cm³/mol. The maximum atomic E-state index is 12.7. The summed E-state index contributed by atoms with van der Waals surface area (Å²) >= 11 is 0. The molecule has 2 aliphatic rings. The SMILES string of the molecule is CC(=O)NC1(C2(OCc3cccc(C)c3)CC2)CN(C(=O)Cn2cc(C)cn2)C1. The molecule has 2 amide bonds. The number of aryl methyl sites for hydroxylation is 2. The first-order chi connectivity index (χ1) is 13.8. The lowest BCUT2D eigenvalue weighted by Crippen LogP contribution is -2.77. The molecule has 0 atom stereocenters. The summed E-state index contributed by atoms with van der Waals surface area (Å²) in [7, 11) is 0. The Balaban J connectivity index is 1.42. The van der Waals surface area contributed by atoms with Crippen LogP contribution in [0.25, 0.3) is 0 Å². The zero-order valence-electron chi connectivity index (χ0n) is 17.3. The average Bonchev–Trinajstić information content (AvgIpc) is 3.32. The third kappa shape index (κ3) is 3.92. The molecule has 7 nitrogen and oxygen atoms in total. The molecule has 1 aromatic carbocycles. The number of amides is 2. The maximum absolute atomic E-state index is 12.7. The van der Waals surface area contributed by atoms with Crippen molar-refractivity contribution in [2.45, 2.75) is 57.9 Å². The van der Waals surface area contributed by atoms with Gasteiger partial charge in [0.1, 0.15) is 12.1 Å². The van der Waals surface area contributed by atoms with E-state index in [1.54, 1.807) is 15.8 Å². The third-order valence-corrected chi connectivity index (χ3v) is 5.92. The van der Waals surface area contributed by atoms with E-state index in [0.29, 0.717) is 19.7 Å². The van der Waals surface area contributed by atoms with E-state index in [0.717, 1.165) is 24.0 Å². The number of nitrogens with one attached hydrogen (secondary N) is 1. The van der Waals surface area contributed by atoms with Gasteiger partial charge < -0.3 is 15.0 Å². The van der Waals surface area contributed by atoms with Gasteiger partial charge in [-0.3, -0.25) is 14.3 Å². The first-order valence-corrected chi connectivity index (χ1v) is 10.1. The van der Waals surface area contributed by atoms with Crippen LogP contribution in [0.3, 0.4) is 0 Å². The smallest absolute Gasteiger partial charge is 0.244 e. The summed E-state index contributed by atoms with van der Waals surface area (Å²) in [4.78, 5) is 26.4. The van der Waals surface area contributed by atoms with Crippen molar-refractivity contribution in [2.75, 3.05) is 13.1 Å². The van der Waals surface area contributed by atoms with Gasteiger partial charge >= 0.3 is 0 Å². The van der Waals surface area contributed by atoms with Crippen molar-refractivity contribution in [1.82, 2.24) is 20.0 Å². The molecule has 4 rings (SSSR count). The van der Waals surface area contributed by atoms with Crippen LogP contribution in [-0.4, -0.2) is 50.7 Å². The van der Waals surface area contributed by atoms with E-state index in [-0.39, 0.29) is 18.4 Å². The summed E-state index contributed by atoms with van der Waals surface area (Å²) in [5.41, 5.74) is 2.42. The monoisotopic (exact) mass is 396 g/mol. The molecule has 7 heteroatoms. The van der Waals surface area contributed by atoms with E-state index in [2.05, 4.69) is 35.5 Å². The Labute approximate surface area is 171 Å². The summed E-state index contributed by atoms with van der Waals surface area (Å²) < 4.78 is 8.02. The summed E-state index contributed by atoms with van der Waals surface area (Å²) in [6.45, 7) is 7.19. The fourth-order valence-electron chi connectivity index (χ4n) is 4.29. The molecular formula is C22H28N4O3. The van der Waals surface area contributed by atoms with Crippen LogP contribution in [0.4, 0.5) is 0 Å². The summed E-state index contributed by atoms with van der Waals surface area (Å²) in [6.07, 6.45) is 5.37. The molecule has 2 heterocycles. The van der Waals surface area contributed by atoms with Crippen LogP contribution in [0.5, 0.6) is 0 Å². The summed E-state index contributed by atoms with van der Waals surface area (Å²) in [5, 5.41) is 7.30. The van der Waals surface area contributed by atoms with Crippen molar-refractivity contribution in [3.63, 3.8) is 0 Å². The molecular weight excluding hydrogens is 368 g/mol. The second-order valence-corrected chi connectivity index (χ2v) is 8.50. The van der Waals surface area contributed by atoms with Gasteiger partial charge in [0.15, 0.2) is 0 Å². The number of benzene rings is 1. The van der Waals surface area contributed by atoms with Crippen molar-refractivity contribution in [3.8, 4) is 0 Å². The number of aromatic nitrogens is 2. The fourth-order valence-corrected chi connectivity index (χ4v) is 4.29. The minimum Gasteiger partial charge on any atom is -0.368 e. The van der Waals surface area contributed by atoms with Gasteiger partial charge in [-0.1, -0.05) is 29.8 Å². The molecule has 0 unspecified atom stereocenters. The van der Waals surface area contributed by atoms with Crippen molar-refractivity contribution in [2.24, 2.45) is 0 Å². The molecule has 154 valence electrons. The highest BCUT2D eigenvalue weighted by atomic mass is 16.5. The highest BCUT2D eigenvalue weighted by molar-refractivity contribution is 5.79. The molecule has 1 aliphatic heterocycles. The maximum Gasteiger partial charge on any atom is 0.244 e. The number of hydrogen-bond donors (Lipinski definition) is 1. The lowest BCUT2D eigenvalue weighted by atomic mass is 9.81. The Bertz CT molecular complexity index is 926. The Morgan fingerprint density at radius 2 is 1.97 bits per heavy atom. The third-order valence-electron chi connectivity index (χ3n) is 5.92. The second kappa shape index (κ2) is 7.30. The molecule has 0 radical (unpaired) electrons. The Hall–Kier alpha value is -2.67. The molecule has 1 aliphatic carbocycles. The van der Waals surface area contributed by atoms with Gasteiger partial charge in [-0.25, -0.2) is 0 Å². The largest absolute Gasteiger partial charge is 0.368 e. The number of rotatable bonds is 7. The van der Waals surface area contributed by atoms with E-state index in [1.165, 1.54) is 12.5 Å². The standard InChI is InChI=1S/C22H28N4O3/c1-16-5-4-6-19(9-16)13-29-22(7-8-22)21(24-18(3)27)14-25(15-21)20(28)12-26-11-17(2)10-23-26/h4-6,9-11H,7-8,12-15H2,1-3H3,(H,24,27). The van der Waals surface area contributed by atoms with Gasteiger partial charge in [-0.2, -0.15) is 5.10 Å². The quantitative estimate of drug-likeness (QED) is 0.776. The van der Waals surface area contributed by atoms with Crippen LogP contribution in [-0.2, 0) is 27.5 Å². The summed E-state index contributed by atoms with van der Waals surface area (Å²) in [6, 6.07) is 8.25. The normalized spacial score (nSPS) is 18.8. The average molecular weight is 396 g/mol. The number of hydrogen-bond acceptors (Lipinski definition) is 4. The minimum atomic E-state index is -0.516. The van der Waals surface area contributed by atoms with Crippen LogP contribution >= 0.6 is 0 Å². The number of carbonyl (C=O) groups excluding carboxylic acids is 2. The summed E-state index contributed by atoms with van der Waals surface area (Å²) in [5.74, 6) is -0.0891. The molecule has 1 N–H and O–H groups in total. The van der Waals surface area contributed by atoms with Crippen LogP contribution in [0.15, 0.2) is 36.7 Å². The highest BCUT2D eigenvalue weighted by Crippen LogP contribution is 2.52. The fraction of sp³-hybridized carbons (Fsp3) is 0.500. The van der Waals surface area contributed by atoms with Crippen molar-refractivity contribution < 1.29 is 14.3 Å². The Kier molecular flexibility index (Phi) is 4.94. The van der Waals surface area contributed by atoms with E-state index >= 15 is 0 Å². The van der Waals surface area contributed by atoms with Crippen LogP contribution < -0.4 is 5.32 Å². The first-order valence-electron chi connectivity index (χ1n) is 10.1. The lowest BCUT2D eigenvalue weighted by molar-refractivity contribution is -0.158. The number of nitrogens with zero attached hydrogens (tertiary/aromatic N) is 3.